The van der Waals surface area contributed by atoms with Gasteiger partial charge in [-0.05, 0) is 18.2 Å². The minimum absolute atomic E-state index is 0.117. The Bertz CT molecular complexity index is 831. The number of ether oxygens (including phenoxy) is 1. The fourth-order valence-electron chi connectivity index (χ4n) is 1.94. The number of carbonyl (C=O) groups is 1. The van der Waals surface area contributed by atoms with Crippen molar-refractivity contribution in [3.8, 4) is 11.6 Å². The summed E-state index contributed by atoms with van der Waals surface area (Å²) in [4.78, 5) is 11.1. The molecular weight excluding hydrogens is 275 g/mol. The first kappa shape index (κ1) is 13.0. The molecule has 21 heavy (non-hydrogen) atoms. The molecular formula is C15H9FN2O3. The summed E-state index contributed by atoms with van der Waals surface area (Å²) in [7, 11) is 0. The van der Waals surface area contributed by atoms with E-state index in [0.717, 1.165) is 23.6 Å². The van der Waals surface area contributed by atoms with E-state index in [4.69, 9.17) is 9.84 Å². The van der Waals surface area contributed by atoms with Crippen LogP contribution >= 0.6 is 0 Å². The number of carboxylic acids is 1. The Balaban J connectivity index is 2.11. The Morgan fingerprint density at radius 3 is 2.81 bits per heavy atom. The van der Waals surface area contributed by atoms with Crippen LogP contribution < -0.4 is 4.74 Å². The van der Waals surface area contributed by atoms with Crippen LogP contribution in [-0.2, 0) is 0 Å². The fraction of sp³-hybridized carbons (Fsp3) is 0. The lowest BCUT2D eigenvalue weighted by Crippen LogP contribution is -2.02. The van der Waals surface area contributed by atoms with Gasteiger partial charge in [-0.1, -0.05) is 18.2 Å². The Hall–Kier alpha value is -3.02. The van der Waals surface area contributed by atoms with Crippen molar-refractivity contribution < 1.29 is 19.0 Å². The van der Waals surface area contributed by atoms with Gasteiger partial charge < -0.3 is 9.84 Å². The molecule has 1 heterocycles. The molecule has 2 aromatic carbocycles. The van der Waals surface area contributed by atoms with Gasteiger partial charge in [0, 0.05) is 16.8 Å². The molecule has 0 fully saturated rings. The molecule has 0 aliphatic carbocycles. The number of carboxylic acid groups (broad SMARTS) is 1. The Kier molecular flexibility index (Phi) is 3.19. The second-order valence-corrected chi connectivity index (χ2v) is 4.28. The van der Waals surface area contributed by atoms with Crippen LogP contribution in [-0.4, -0.2) is 21.3 Å². The van der Waals surface area contributed by atoms with E-state index in [2.05, 4.69) is 10.2 Å². The molecule has 0 amide bonds. The molecule has 0 saturated carbocycles. The monoisotopic (exact) mass is 284 g/mol. The summed E-state index contributed by atoms with van der Waals surface area (Å²) >= 11 is 0. The molecule has 3 aromatic rings. The second kappa shape index (κ2) is 5.16. The lowest BCUT2D eigenvalue weighted by atomic mass is 10.2. The van der Waals surface area contributed by atoms with E-state index >= 15 is 0 Å². The van der Waals surface area contributed by atoms with Crippen LogP contribution in [0.25, 0.3) is 10.8 Å². The number of aromatic carboxylic acids is 1. The second-order valence-electron chi connectivity index (χ2n) is 4.28. The highest BCUT2D eigenvalue weighted by molar-refractivity contribution is 5.91. The van der Waals surface area contributed by atoms with Gasteiger partial charge in [0.1, 0.15) is 17.1 Å². The lowest BCUT2D eigenvalue weighted by Gasteiger charge is -2.09. The summed E-state index contributed by atoms with van der Waals surface area (Å²) in [5, 5.41) is 18.2. The maximum Gasteiger partial charge on any atom is 0.339 e. The first-order chi connectivity index (χ1) is 10.1. The molecule has 0 spiro atoms. The van der Waals surface area contributed by atoms with Gasteiger partial charge in [0.15, 0.2) is 0 Å². The summed E-state index contributed by atoms with van der Waals surface area (Å²) in [6.07, 6.45) is 1.56. The Morgan fingerprint density at radius 1 is 1.19 bits per heavy atom. The van der Waals surface area contributed by atoms with Crippen LogP contribution in [0.4, 0.5) is 4.39 Å². The van der Waals surface area contributed by atoms with Crippen LogP contribution in [0.2, 0.25) is 0 Å². The number of fused-ring (bicyclic) bond motifs is 1. The van der Waals surface area contributed by atoms with Crippen LogP contribution in [0.1, 0.15) is 10.4 Å². The van der Waals surface area contributed by atoms with E-state index in [9.17, 15) is 9.18 Å². The average molecular weight is 284 g/mol. The van der Waals surface area contributed by atoms with Crippen molar-refractivity contribution >= 4 is 16.7 Å². The quantitative estimate of drug-likeness (QED) is 0.799. The number of halogens is 1. The van der Waals surface area contributed by atoms with Crippen molar-refractivity contribution in [3.63, 3.8) is 0 Å². The van der Waals surface area contributed by atoms with Gasteiger partial charge in [-0.3, -0.25) is 0 Å². The molecule has 1 aromatic heterocycles. The molecule has 0 atom stereocenters. The highest BCUT2D eigenvalue weighted by Gasteiger charge is 2.15. The van der Waals surface area contributed by atoms with Crippen LogP contribution in [0.15, 0.2) is 48.7 Å². The predicted molar refractivity (Wildman–Crippen MR) is 73.0 cm³/mol. The third-order valence-electron chi connectivity index (χ3n) is 2.92. The van der Waals surface area contributed by atoms with E-state index in [1.165, 1.54) is 0 Å². The molecule has 104 valence electrons. The maximum atomic E-state index is 13.3. The maximum absolute atomic E-state index is 13.3. The minimum Gasteiger partial charge on any atom is -0.478 e. The van der Waals surface area contributed by atoms with Gasteiger partial charge in [0.05, 0.1) is 6.20 Å². The van der Waals surface area contributed by atoms with E-state index in [1.54, 1.807) is 18.3 Å². The van der Waals surface area contributed by atoms with E-state index in [-0.39, 0.29) is 17.2 Å². The zero-order chi connectivity index (χ0) is 14.8. The number of hydrogen-bond acceptors (Lipinski definition) is 4. The van der Waals surface area contributed by atoms with E-state index in [1.807, 2.05) is 12.1 Å². The first-order valence-electron chi connectivity index (χ1n) is 6.06. The van der Waals surface area contributed by atoms with Crippen LogP contribution in [0.5, 0.6) is 11.6 Å². The zero-order valence-corrected chi connectivity index (χ0v) is 10.7. The molecule has 0 unspecified atom stereocenters. The SMILES string of the molecule is O=C(O)c1ccc(F)cc1Oc1nncc2ccccc12. The van der Waals surface area contributed by atoms with Gasteiger partial charge in [-0.2, -0.15) is 5.10 Å². The van der Waals surface area contributed by atoms with E-state index in [0.29, 0.717) is 5.39 Å². The summed E-state index contributed by atoms with van der Waals surface area (Å²) in [5.41, 5.74) is -0.147. The molecule has 0 radical (unpaired) electrons. The van der Waals surface area contributed by atoms with Crippen LogP contribution in [0, 0.1) is 5.82 Å². The van der Waals surface area contributed by atoms with Gasteiger partial charge in [-0.25, -0.2) is 9.18 Å². The highest BCUT2D eigenvalue weighted by atomic mass is 19.1. The summed E-state index contributed by atoms with van der Waals surface area (Å²) < 4.78 is 18.8. The molecule has 0 saturated heterocycles. The zero-order valence-electron chi connectivity index (χ0n) is 10.7. The molecule has 1 N–H and O–H groups in total. The number of aromatic nitrogens is 2. The first-order valence-corrected chi connectivity index (χ1v) is 6.06. The number of benzene rings is 2. The molecule has 6 heteroatoms. The van der Waals surface area contributed by atoms with Gasteiger partial charge in [0.25, 0.3) is 0 Å². The van der Waals surface area contributed by atoms with Gasteiger partial charge in [-0.15, -0.1) is 5.10 Å². The van der Waals surface area contributed by atoms with Crippen molar-refractivity contribution in [2.45, 2.75) is 0 Å². The number of hydrogen-bond donors (Lipinski definition) is 1. The molecule has 5 nitrogen and oxygen atoms in total. The van der Waals surface area contributed by atoms with E-state index < -0.39 is 11.8 Å². The fourth-order valence-corrected chi connectivity index (χ4v) is 1.94. The molecule has 0 aliphatic rings. The van der Waals surface area contributed by atoms with Crippen molar-refractivity contribution in [1.82, 2.24) is 10.2 Å². The van der Waals surface area contributed by atoms with Crippen molar-refractivity contribution in [3.05, 3.63) is 60.0 Å². The minimum atomic E-state index is -1.21. The Morgan fingerprint density at radius 2 is 2.00 bits per heavy atom. The average Bonchev–Trinajstić information content (AvgIpc) is 2.47. The van der Waals surface area contributed by atoms with Gasteiger partial charge >= 0.3 is 5.97 Å². The Labute approximate surface area is 118 Å². The standard InChI is InChI=1S/C15H9FN2O3/c16-10-5-6-12(15(19)20)13(7-10)21-14-11-4-2-1-3-9(11)8-17-18-14/h1-8H,(H,19,20). The smallest absolute Gasteiger partial charge is 0.339 e. The van der Waals surface area contributed by atoms with Crippen molar-refractivity contribution in [1.29, 1.82) is 0 Å². The van der Waals surface area contributed by atoms with Gasteiger partial charge in [0.2, 0.25) is 5.88 Å². The van der Waals surface area contributed by atoms with Crippen LogP contribution in [0.3, 0.4) is 0 Å². The predicted octanol–water partition coefficient (Wildman–Crippen LogP) is 3.26. The van der Waals surface area contributed by atoms with Crippen molar-refractivity contribution in [2.75, 3.05) is 0 Å². The summed E-state index contributed by atoms with van der Waals surface area (Å²) in [6.45, 7) is 0. The van der Waals surface area contributed by atoms with Crippen molar-refractivity contribution in [2.24, 2.45) is 0 Å². The number of rotatable bonds is 3. The molecule has 0 aliphatic heterocycles. The summed E-state index contributed by atoms with van der Waals surface area (Å²) in [5.74, 6) is -1.80. The normalized spacial score (nSPS) is 10.5. The molecule has 0 bridgehead atoms. The largest absolute Gasteiger partial charge is 0.478 e. The highest BCUT2D eigenvalue weighted by Crippen LogP contribution is 2.29. The summed E-state index contributed by atoms with van der Waals surface area (Å²) in [6, 6.07) is 10.4. The number of nitrogens with zero attached hydrogens (tertiary/aromatic N) is 2. The molecule has 3 rings (SSSR count). The topological polar surface area (TPSA) is 72.3 Å². The lowest BCUT2D eigenvalue weighted by molar-refractivity contribution is 0.0694. The third kappa shape index (κ3) is 2.51. The third-order valence-corrected chi connectivity index (χ3v) is 2.92.